The molecule has 0 atom stereocenters. The Balaban J connectivity index is 1.99. The summed E-state index contributed by atoms with van der Waals surface area (Å²) in [5, 5.41) is 3.58. The van der Waals surface area contributed by atoms with Gasteiger partial charge in [-0.3, -0.25) is 0 Å². The third-order valence-electron chi connectivity index (χ3n) is 3.75. The zero-order valence-corrected chi connectivity index (χ0v) is 15.3. The van der Waals surface area contributed by atoms with E-state index in [0.29, 0.717) is 4.75 Å². The Hall–Kier alpha value is 0.290. The van der Waals surface area contributed by atoms with E-state index in [1.165, 1.54) is 24.8 Å². The molecule has 1 aromatic carbocycles. The molecule has 0 aliphatic heterocycles. The van der Waals surface area contributed by atoms with Crippen molar-refractivity contribution < 1.29 is 4.74 Å². The standard InChI is InChI=1S/C14H19Br2NOS/c1-18-13-10(6-11(15)7-12(13)16)8-17-9-14(19-2)4-3-5-14/h6-7,17H,3-5,8-9H2,1-2H3. The van der Waals surface area contributed by atoms with Crippen LogP contribution < -0.4 is 10.1 Å². The van der Waals surface area contributed by atoms with Crippen LogP contribution in [0, 0.1) is 0 Å². The fraction of sp³-hybridized carbons (Fsp3) is 0.571. The molecule has 106 valence electrons. The maximum Gasteiger partial charge on any atom is 0.137 e. The lowest BCUT2D eigenvalue weighted by molar-refractivity contribution is 0.343. The number of ether oxygens (including phenoxy) is 1. The van der Waals surface area contributed by atoms with Crippen molar-refractivity contribution in [3.05, 3.63) is 26.6 Å². The van der Waals surface area contributed by atoms with E-state index in [0.717, 1.165) is 27.8 Å². The molecule has 1 fully saturated rings. The summed E-state index contributed by atoms with van der Waals surface area (Å²) in [7, 11) is 1.72. The van der Waals surface area contributed by atoms with E-state index in [-0.39, 0.29) is 0 Å². The number of nitrogens with one attached hydrogen (secondary N) is 1. The van der Waals surface area contributed by atoms with Gasteiger partial charge in [-0.05, 0) is 47.2 Å². The van der Waals surface area contributed by atoms with Gasteiger partial charge in [0, 0.05) is 27.9 Å². The van der Waals surface area contributed by atoms with Crippen molar-refractivity contribution in [1.29, 1.82) is 0 Å². The molecule has 0 spiro atoms. The van der Waals surface area contributed by atoms with Crippen molar-refractivity contribution in [2.75, 3.05) is 19.9 Å². The van der Waals surface area contributed by atoms with Gasteiger partial charge in [-0.2, -0.15) is 11.8 Å². The summed E-state index contributed by atoms with van der Waals surface area (Å²) in [6, 6.07) is 4.13. The Labute approximate surface area is 136 Å². The number of thioether (sulfide) groups is 1. The second-order valence-corrected chi connectivity index (χ2v) is 7.97. The fourth-order valence-electron chi connectivity index (χ4n) is 2.42. The Morgan fingerprint density at radius 1 is 1.37 bits per heavy atom. The van der Waals surface area contributed by atoms with E-state index in [1.807, 2.05) is 17.8 Å². The molecule has 1 saturated carbocycles. The highest BCUT2D eigenvalue weighted by Crippen LogP contribution is 2.42. The molecular weight excluding hydrogens is 390 g/mol. The quantitative estimate of drug-likeness (QED) is 0.743. The molecule has 0 bridgehead atoms. The normalized spacial score (nSPS) is 17.1. The predicted octanol–water partition coefficient (Wildman–Crippen LogP) is 4.60. The van der Waals surface area contributed by atoms with E-state index in [2.05, 4.69) is 49.5 Å². The number of rotatable bonds is 6. The van der Waals surface area contributed by atoms with Crippen LogP contribution >= 0.6 is 43.6 Å². The first-order valence-electron chi connectivity index (χ1n) is 6.38. The smallest absolute Gasteiger partial charge is 0.137 e. The van der Waals surface area contributed by atoms with Crippen LogP contribution in [0.3, 0.4) is 0 Å². The molecule has 5 heteroatoms. The zero-order valence-electron chi connectivity index (χ0n) is 11.3. The van der Waals surface area contributed by atoms with Gasteiger partial charge in [0.15, 0.2) is 0 Å². The second-order valence-electron chi connectivity index (χ2n) is 4.92. The molecule has 19 heavy (non-hydrogen) atoms. The molecule has 2 nitrogen and oxygen atoms in total. The first-order valence-corrected chi connectivity index (χ1v) is 9.19. The SMILES string of the molecule is COc1c(Br)cc(Br)cc1CNCC1(SC)CCC1. The molecule has 0 saturated heterocycles. The van der Waals surface area contributed by atoms with Crippen molar-refractivity contribution in [2.45, 2.75) is 30.6 Å². The van der Waals surface area contributed by atoms with Crippen LogP contribution in [0.2, 0.25) is 0 Å². The van der Waals surface area contributed by atoms with Gasteiger partial charge in [0.2, 0.25) is 0 Å². The van der Waals surface area contributed by atoms with Gasteiger partial charge >= 0.3 is 0 Å². The topological polar surface area (TPSA) is 21.3 Å². The molecule has 0 heterocycles. The van der Waals surface area contributed by atoms with Gasteiger partial charge in [-0.1, -0.05) is 22.4 Å². The average molecular weight is 409 g/mol. The van der Waals surface area contributed by atoms with Crippen LogP contribution in [0.25, 0.3) is 0 Å². The van der Waals surface area contributed by atoms with Crippen LogP contribution in [-0.4, -0.2) is 24.7 Å². The van der Waals surface area contributed by atoms with Gasteiger partial charge in [0.1, 0.15) is 5.75 Å². The van der Waals surface area contributed by atoms with Crippen LogP contribution in [0.15, 0.2) is 21.1 Å². The molecular formula is C14H19Br2NOS. The molecule has 1 aromatic rings. The van der Waals surface area contributed by atoms with E-state index >= 15 is 0 Å². The number of hydrogen-bond acceptors (Lipinski definition) is 3. The Bertz CT molecular complexity index is 444. The van der Waals surface area contributed by atoms with Gasteiger partial charge in [-0.25, -0.2) is 0 Å². The van der Waals surface area contributed by atoms with E-state index in [9.17, 15) is 0 Å². The Kier molecular flexibility index (Phi) is 5.64. The first kappa shape index (κ1) is 15.7. The highest BCUT2D eigenvalue weighted by molar-refractivity contribution is 9.11. The summed E-state index contributed by atoms with van der Waals surface area (Å²) in [6.45, 7) is 1.91. The van der Waals surface area contributed by atoms with Crippen molar-refractivity contribution >= 4 is 43.6 Å². The van der Waals surface area contributed by atoms with Crippen LogP contribution in [0.1, 0.15) is 24.8 Å². The summed E-state index contributed by atoms with van der Waals surface area (Å²) in [5.41, 5.74) is 1.18. The van der Waals surface area contributed by atoms with Crippen molar-refractivity contribution in [1.82, 2.24) is 5.32 Å². The number of halogens is 2. The minimum absolute atomic E-state index is 0.469. The monoisotopic (exact) mass is 407 g/mol. The van der Waals surface area contributed by atoms with E-state index < -0.39 is 0 Å². The molecule has 1 aliphatic carbocycles. The molecule has 1 aliphatic rings. The third-order valence-corrected chi connectivity index (χ3v) is 6.22. The van der Waals surface area contributed by atoms with Crippen molar-refractivity contribution in [3.8, 4) is 5.75 Å². The number of benzene rings is 1. The lowest BCUT2D eigenvalue weighted by Crippen LogP contribution is -2.43. The van der Waals surface area contributed by atoms with Gasteiger partial charge in [-0.15, -0.1) is 0 Å². The lowest BCUT2D eigenvalue weighted by atomic mass is 9.84. The summed E-state index contributed by atoms with van der Waals surface area (Å²) in [5.74, 6) is 0.919. The predicted molar refractivity (Wildman–Crippen MR) is 90.2 cm³/mol. The molecule has 0 unspecified atom stereocenters. The third kappa shape index (κ3) is 3.69. The minimum Gasteiger partial charge on any atom is -0.495 e. The van der Waals surface area contributed by atoms with Crippen LogP contribution in [-0.2, 0) is 6.54 Å². The Morgan fingerprint density at radius 2 is 2.11 bits per heavy atom. The highest BCUT2D eigenvalue weighted by atomic mass is 79.9. The molecule has 0 aromatic heterocycles. The molecule has 2 rings (SSSR count). The van der Waals surface area contributed by atoms with Crippen LogP contribution in [0.4, 0.5) is 0 Å². The van der Waals surface area contributed by atoms with E-state index in [1.54, 1.807) is 7.11 Å². The number of hydrogen-bond donors (Lipinski definition) is 1. The summed E-state index contributed by atoms with van der Waals surface area (Å²) in [4.78, 5) is 0. The largest absolute Gasteiger partial charge is 0.495 e. The minimum atomic E-state index is 0.469. The lowest BCUT2D eigenvalue weighted by Gasteiger charge is -2.40. The summed E-state index contributed by atoms with van der Waals surface area (Å²) >= 11 is 9.07. The molecule has 1 N–H and O–H groups in total. The van der Waals surface area contributed by atoms with Crippen LogP contribution in [0.5, 0.6) is 5.75 Å². The van der Waals surface area contributed by atoms with Gasteiger partial charge in [0.05, 0.1) is 11.6 Å². The zero-order chi connectivity index (χ0) is 13.9. The van der Waals surface area contributed by atoms with E-state index in [4.69, 9.17) is 4.74 Å². The Morgan fingerprint density at radius 3 is 2.63 bits per heavy atom. The maximum absolute atomic E-state index is 5.47. The van der Waals surface area contributed by atoms with Gasteiger partial charge < -0.3 is 10.1 Å². The average Bonchev–Trinajstić information content (AvgIpc) is 2.32. The molecule has 0 amide bonds. The van der Waals surface area contributed by atoms with Crippen molar-refractivity contribution in [3.63, 3.8) is 0 Å². The summed E-state index contributed by atoms with van der Waals surface area (Å²) in [6.07, 6.45) is 6.26. The van der Waals surface area contributed by atoms with Crippen molar-refractivity contribution in [2.24, 2.45) is 0 Å². The summed E-state index contributed by atoms with van der Waals surface area (Å²) < 4.78 is 8.00. The fourth-order valence-corrected chi connectivity index (χ4v) is 4.84. The van der Waals surface area contributed by atoms with Gasteiger partial charge in [0.25, 0.3) is 0 Å². The maximum atomic E-state index is 5.47. The number of methoxy groups -OCH3 is 1. The first-order chi connectivity index (χ1) is 9.10. The highest BCUT2D eigenvalue weighted by Gasteiger charge is 2.35. The molecule has 0 radical (unpaired) electrons. The second kappa shape index (κ2) is 6.83.